The predicted molar refractivity (Wildman–Crippen MR) is 103 cm³/mol. The average molecular weight is 361 g/mol. The summed E-state index contributed by atoms with van der Waals surface area (Å²) in [5.74, 6) is -0.868. The molecule has 0 fully saturated rings. The van der Waals surface area contributed by atoms with Crippen molar-refractivity contribution in [3.63, 3.8) is 0 Å². The molecule has 2 atom stereocenters. The molecule has 5 heteroatoms. The van der Waals surface area contributed by atoms with Gasteiger partial charge in [-0.1, -0.05) is 81.4 Å². The Morgan fingerprint density at radius 2 is 1.52 bits per heavy atom. The molecule has 138 valence electrons. The fraction of sp³-hybridized carbons (Fsp3) is 0.273. The Bertz CT molecular complexity index is 898. The molecule has 0 aliphatic rings. The molecule has 2 aromatic carbocycles. The second-order valence-corrected chi connectivity index (χ2v) is 7.55. The molecule has 0 saturated carbocycles. The van der Waals surface area contributed by atoms with E-state index in [0.717, 1.165) is 5.56 Å². The number of hydrogen-bond donors (Lipinski definition) is 0. The van der Waals surface area contributed by atoms with E-state index >= 15 is 0 Å². The van der Waals surface area contributed by atoms with E-state index < -0.39 is 17.4 Å². The van der Waals surface area contributed by atoms with Crippen LogP contribution in [0.4, 0.5) is 0 Å². The molecule has 0 amide bonds. The number of ketones is 2. The standard InChI is InChI=1S/C22H23N3O2/c1-22(2,3)21(27)19(25-15-23-14-24-25)18(16-10-6-4-7-11-16)20(26)17-12-8-5-9-13-17/h4-15,18-19H,1-3H3. The number of Topliss-reactive ketones (excluding diaryl/α,β-unsaturated/α-hetero) is 2. The van der Waals surface area contributed by atoms with E-state index in [-0.39, 0.29) is 11.6 Å². The summed E-state index contributed by atoms with van der Waals surface area (Å²) in [6.07, 6.45) is 2.89. The van der Waals surface area contributed by atoms with Gasteiger partial charge in [-0.3, -0.25) is 9.59 Å². The van der Waals surface area contributed by atoms with Crippen LogP contribution in [0, 0.1) is 5.41 Å². The van der Waals surface area contributed by atoms with Gasteiger partial charge in [0.25, 0.3) is 0 Å². The second-order valence-electron chi connectivity index (χ2n) is 7.55. The SMILES string of the molecule is CC(C)(C)C(=O)C(C(C(=O)c1ccccc1)c1ccccc1)n1cncn1. The average Bonchev–Trinajstić information content (AvgIpc) is 3.20. The minimum atomic E-state index is -0.775. The Hall–Kier alpha value is -3.08. The van der Waals surface area contributed by atoms with Crippen LogP contribution in [-0.2, 0) is 4.79 Å². The van der Waals surface area contributed by atoms with Gasteiger partial charge in [0.1, 0.15) is 18.7 Å². The van der Waals surface area contributed by atoms with Crippen molar-refractivity contribution in [3.8, 4) is 0 Å². The Kier molecular flexibility index (Phi) is 5.31. The largest absolute Gasteiger partial charge is 0.297 e. The fourth-order valence-corrected chi connectivity index (χ4v) is 3.15. The summed E-state index contributed by atoms with van der Waals surface area (Å²) in [6.45, 7) is 5.57. The third-order valence-electron chi connectivity index (χ3n) is 4.54. The van der Waals surface area contributed by atoms with Crippen LogP contribution < -0.4 is 0 Å². The van der Waals surface area contributed by atoms with Crippen molar-refractivity contribution in [2.24, 2.45) is 5.41 Å². The molecular formula is C22H23N3O2. The van der Waals surface area contributed by atoms with E-state index in [0.29, 0.717) is 5.56 Å². The number of carbonyl (C=O) groups excluding carboxylic acids is 2. The summed E-state index contributed by atoms with van der Waals surface area (Å²) in [5.41, 5.74) is 0.711. The van der Waals surface area contributed by atoms with Gasteiger partial charge < -0.3 is 0 Å². The molecule has 0 aliphatic heterocycles. The first-order valence-corrected chi connectivity index (χ1v) is 8.92. The molecule has 5 nitrogen and oxygen atoms in total. The molecule has 2 unspecified atom stereocenters. The molecule has 0 bridgehead atoms. The van der Waals surface area contributed by atoms with Crippen LogP contribution in [0.5, 0.6) is 0 Å². The summed E-state index contributed by atoms with van der Waals surface area (Å²) in [5, 5.41) is 4.21. The van der Waals surface area contributed by atoms with E-state index in [1.165, 1.54) is 17.3 Å². The van der Waals surface area contributed by atoms with E-state index in [1.54, 1.807) is 12.1 Å². The van der Waals surface area contributed by atoms with Crippen molar-refractivity contribution in [3.05, 3.63) is 84.4 Å². The first-order valence-electron chi connectivity index (χ1n) is 8.92. The van der Waals surface area contributed by atoms with Gasteiger partial charge in [0.05, 0.1) is 5.92 Å². The maximum Gasteiger partial charge on any atom is 0.172 e. The normalized spacial score (nSPS) is 13.7. The highest BCUT2D eigenvalue weighted by atomic mass is 16.1. The fourth-order valence-electron chi connectivity index (χ4n) is 3.15. The zero-order valence-electron chi connectivity index (χ0n) is 15.7. The molecule has 3 rings (SSSR count). The second kappa shape index (κ2) is 7.66. The van der Waals surface area contributed by atoms with Gasteiger partial charge in [-0.15, -0.1) is 0 Å². The van der Waals surface area contributed by atoms with Crippen LogP contribution in [0.2, 0.25) is 0 Å². The Balaban J connectivity index is 2.17. The zero-order valence-corrected chi connectivity index (χ0v) is 15.7. The lowest BCUT2D eigenvalue weighted by Crippen LogP contribution is -2.37. The molecule has 0 aliphatic carbocycles. The van der Waals surface area contributed by atoms with Crippen LogP contribution in [0.3, 0.4) is 0 Å². The topological polar surface area (TPSA) is 64.8 Å². The third-order valence-corrected chi connectivity index (χ3v) is 4.54. The molecule has 1 aromatic heterocycles. The Labute approximate surface area is 159 Å². The van der Waals surface area contributed by atoms with Crippen LogP contribution in [-0.4, -0.2) is 26.3 Å². The maximum absolute atomic E-state index is 13.5. The van der Waals surface area contributed by atoms with E-state index in [2.05, 4.69) is 10.1 Å². The number of aromatic nitrogens is 3. The van der Waals surface area contributed by atoms with Crippen molar-refractivity contribution < 1.29 is 9.59 Å². The van der Waals surface area contributed by atoms with Crippen LogP contribution >= 0.6 is 0 Å². The van der Waals surface area contributed by atoms with Gasteiger partial charge >= 0.3 is 0 Å². The van der Waals surface area contributed by atoms with Gasteiger partial charge in [-0.05, 0) is 5.56 Å². The van der Waals surface area contributed by atoms with E-state index in [4.69, 9.17) is 0 Å². The number of rotatable bonds is 6. The number of benzene rings is 2. The van der Waals surface area contributed by atoms with Crippen molar-refractivity contribution in [2.45, 2.75) is 32.7 Å². The summed E-state index contributed by atoms with van der Waals surface area (Å²) < 4.78 is 1.51. The van der Waals surface area contributed by atoms with Gasteiger partial charge in [-0.25, -0.2) is 9.67 Å². The van der Waals surface area contributed by atoms with Gasteiger partial charge in [0.2, 0.25) is 0 Å². The van der Waals surface area contributed by atoms with Crippen LogP contribution in [0.25, 0.3) is 0 Å². The van der Waals surface area contributed by atoms with Gasteiger partial charge in [0.15, 0.2) is 11.6 Å². The van der Waals surface area contributed by atoms with Crippen LogP contribution in [0.1, 0.15) is 48.7 Å². The Morgan fingerprint density at radius 1 is 0.926 bits per heavy atom. The zero-order chi connectivity index (χ0) is 19.4. The van der Waals surface area contributed by atoms with Gasteiger partial charge in [-0.2, -0.15) is 5.10 Å². The number of hydrogen-bond acceptors (Lipinski definition) is 4. The van der Waals surface area contributed by atoms with E-state index in [9.17, 15) is 9.59 Å². The smallest absolute Gasteiger partial charge is 0.172 e. The summed E-state index contributed by atoms with van der Waals surface area (Å²) in [4.78, 5) is 30.9. The highest BCUT2D eigenvalue weighted by molar-refractivity contribution is 6.05. The first kappa shape index (κ1) is 18.7. The van der Waals surface area contributed by atoms with Crippen molar-refractivity contribution in [1.29, 1.82) is 0 Å². The quantitative estimate of drug-likeness (QED) is 0.620. The monoisotopic (exact) mass is 361 g/mol. The molecular weight excluding hydrogens is 338 g/mol. The minimum Gasteiger partial charge on any atom is -0.297 e. The molecule has 1 heterocycles. The maximum atomic E-state index is 13.5. The van der Waals surface area contributed by atoms with Crippen molar-refractivity contribution in [1.82, 2.24) is 14.8 Å². The highest BCUT2D eigenvalue weighted by Crippen LogP contribution is 2.37. The molecule has 0 saturated heterocycles. The third kappa shape index (κ3) is 4.03. The molecule has 0 radical (unpaired) electrons. The van der Waals surface area contributed by atoms with Crippen molar-refractivity contribution >= 4 is 11.6 Å². The predicted octanol–water partition coefficient (Wildman–Crippen LogP) is 4.10. The van der Waals surface area contributed by atoms with Crippen molar-refractivity contribution in [2.75, 3.05) is 0 Å². The summed E-state index contributed by atoms with van der Waals surface area (Å²) >= 11 is 0. The lowest BCUT2D eigenvalue weighted by molar-refractivity contribution is -0.130. The molecule has 0 N–H and O–H groups in total. The summed E-state index contributed by atoms with van der Waals surface area (Å²) in [7, 11) is 0. The minimum absolute atomic E-state index is 0.0638. The van der Waals surface area contributed by atoms with E-state index in [1.807, 2.05) is 69.3 Å². The Morgan fingerprint density at radius 3 is 2.04 bits per heavy atom. The summed E-state index contributed by atoms with van der Waals surface area (Å²) in [6, 6.07) is 17.7. The lowest BCUT2D eigenvalue weighted by Gasteiger charge is -2.30. The molecule has 27 heavy (non-hydrogen) atoms. The number of carbonyl (C=O) groups is 2. The first-order chi connectivity index (χ1) is 12.9. The van der Waals surface area contributed by atoms with Crippen LogP contribution in [0.15, 0.2) is 73.3 Å². The molecule has 3 aromatic rings. The number of nitrogens with zero attached hydrogens (tertiary/aromatic N) is 3. The molecule has 0 spiro atoms. The van der Waals surface area contributed by atoms with Gasteiger partial charge in [0, 0.05) is 11.0 Å². The highest BCUT2D eigenvalue weighted by Gasteiger charge is 2.41. The lowest BCUT2D eigenvalue weighted by atomic mass is 9.76.